The molecule has 0 aromatic rings. The monoisotopic (exact) mass is 306 g/mol. The maximum atomic E-state index is 12.4. The van der Waals surface area contributed by atoms with Crippen LogP contribution >= 0.6 is 0 Å². The van der Waals surface area contributed by atoms with Crippen molar-refractivity contribution in [3.8, 4) is 0 Å². The van der Waals surface area contributed by atoms with Crippen LogP contribution < -0.4 is 0 Å². The Kier molecular flexibility index (Phi) is 4.91. The van der Waals surface area contributed by atoms with Crippen LogP contribution in [-0.4, -0.2) is 24.3 Å². The summed E-state index contributed by atoms with van der Waals surface area (Å²) in [7, 11) is 0. The molecule has 1 aliphatic heterocycles. The molecule has 0 aromatic heterocycles. The van der Waals surface area contributed by atoms with Gasteiger partial charge in [-0.05, 0) is 39.0 Å². The van der Waals surface area contributed by atoms with Gasteiger partial charge < -0.3 is 9.47 Å². The van der Waals surface area contributed by atoms with Crippen molar-refractivity contribution in [1.82, 2.24) is 0 Å². The van der Waals surface area contributed by atoms with Gasteiger partial charge in [0.2, 0.25) is 0 Å². The molecular weight excluding hydrogens is 276 g/mol. The average molecular weight is 306 g/mol. The SMILES string of the molecule is C=C(C)C(=O)OC1(C2CCCCC2)C2CCCCC1OCC2. The Bertz CT molecular complexity index is 408. The normalized spacial score (nSPS) is 36.4. The van der Waals surface area contributed by atoms with Crippen molar-refractivity contribution in [2.45, 2.75) is 82.8 Å². The number of carbonyl (C=O) groups excluding carboxylic acids is 1. The van der Waals surface area contributed by atoms with Gasteiger partial charge in [-0.3, -0.25) is 0 Å². The van der Waals surface area contributed by atoms with Gasteiger partial charge in [0.25, 0.3) is 0 Å². The molecule has 3 fully saturated rings. The van der Waals surface area contributed by atoms with E-state index in [0.717, 1.165) is 19.4 Å². The Labute approximate surface area is 134 Å². The third kappa shape index (κ3) is 2.84. The molecule has 3 nitrogen and oxygen atoms in total. The van der Waals surface area contributed by atoms with Gasteiger partial charge in [0.15, 0.2) is 0 Å². The molecule has 2 aliphatic carbocycles. The summed E-state index contributed by atoms with van der Waals surface area (Å²) >= 11 is 0. The fraction of sp³-hybridized carbons (Fsp3) is 0.842. The van der Waals surface area contributed by atoms with Crippen LogP contribution in [0.2, 0.25) is 0 Å². The van der Waals surface area contributed by atoms with Crippen LogP contribution in [0.15, 0.2) is 12.2 Å². The summed E-state index contributed by atoms with van der Waals surface area (Å²) in [6.45, 7) is 6.38. The molecule has 0 N–H and O–H groups in total. The second-order valence-electron chi connectivity index (χ2n) is 7.49. The highest BCUT2D eigenvalue weighted by Crippen LogP contribution is 2.51. The molecule has 0 amide bonds. The quantitative estimate of drug-likeness (QED) is 0.572. The number of carbonyl (C=O) groups is 1. The minimum atomic E-state index is -0.384. The van der Waals surface area contributed by atoms with Crippen molar-refractivity contribution in [3.63, 3.8) is 0 Å². The molecule has 3 rings (SSSR count). The molecule has 1 saturated heterocycles. The predicted molar refractivity (Wildman–Crippen MR) is 86.5 cm³/mol. The van der Waals surface area contributed by atoms with E-state index in [1.54, 1.807) is 6.92 Å². The van der Waals surface area contributed by atoms with E-state index < -0.39 is 0 Å². The molecule has 0 radical (unpaired) electrons. The highest BCUT2D eigenvalue weighted by molar-refractivity contribution is 5.87. The van der Waals surface area contributed by atoms with E-state index in [1.165, 1.54) is 51.4 Å². The summed E-state index contributed by atoms with van der Waals surface area (Å²) in [4.78, 5) is 12.4. The van der Waals surface area contributed by atoms with Crippen molar-refractivity contribution in [2.24, 2.45) is 11.8 Å². The second kappa shape index (κ2) is 6.74. The number of fused-ring (bicyclic) bond motifs is 2. The molecule has 3 atom stereocenters. The molecule has 0 aromatic carbocycles. The van der Waals surface area contributed by atoms with E-state index in [4.69, 9.17) is 9.47 Å². The fourth-order valence-electron chi connectivity index (χ4n) is 5.00. The number of ether oxygens (including phenoxy) is 2. The molecule has 124 valence electrons. The first-order valence-electron chi connectivity index (χ1n) is 9.15. The Hall–Kier alpha value is -0.830. The number of hydrogen-bond donors (Lipinski definition) is 0. The molecule has 0 spiro atoms. The standard InChI is InChI=1S/C19H30O3/c1-14(2)18(20)22-19(15-8-4-3-5-9-15)16-10-6-7-11-17(19)21-13-12-16/h15-17H,1,3-13H2,2H3. The van der Waals surface area contributed by atoms with Crippen LogP contribution in [0.3, 0.4) is 0 Å². The Morgan fingerprint density at radius 1 is 1.00 bits per heavy atom. The Morgan fingerprint density at radius 3 is 2.27 bits per heavy atom. The number of rotatable bonds is 3. The van der Waals surface area contributed by atoms with Crippen LogP contribution in [0, 0.1) is 11.8 Å². The summed E-state index contributed by atoms with van der Waals surface area (Å²) < 4.78 is 12.4. The highest BCUT2D eigenvalue weighted by Gasteiger charge is 2.57. The van der Waals surface area contributed by atoms with Gasteiger partial charge in [-0.1, -0.05) is 38.7 Å². The van der Waals surface area contributed by atoms with Gasteiger partial charge in [-0.15, -0.1) is 0 Å². The van der Waals surface area contributed by atoms with Crippen LogP contribution in [-0.2, 0) is 14.3 Å². The van der Waals surface area contributed by atoms with Crippen LogP contribution in [0.1, 0.15) is 71.1 Å². The van der Waals surface area contributed by atoms with E-state index in [0.29, 0.717) is 17.4 Å². The molecule has 3 unspecified atom stereocenters. The maximum absolute atomic E-state index is 12.4. The predicted octanol–water partition coefficient (Wildman–Crippen LogP) is 4.40. The number of esters is 1. The summed E-state index contributed by atoms with van der Waals surface area (Å²) in [5.41, 5.74) is 0.128. The molecule has 22 heavy (non-hydrogen) atoms. The van der Waals surface area contributed by atoms with Gasteiger partial charge >= 0.3 is 5.97 Å². The van der Waals surface area contributed by atoms with Gasteiger partial charge in [0.1, 0.15) is 5.60 Å². The zero-order valence-electron chi connectivity index (χ0n) is 13.9. The first-order valence-corrected chi connectivity index (χ1v) is 9.15. The van der Waals surface area contributed by atoms with Crippen molar-refractivity contribution >= 4 is 5.97 Å². The van der Waals surface area contributed by atoms with Crippen molar-refractivity contribution in [1.29, 1.82) is 0 Å². The summed E-state index contributed by atoms with van der Waals surface area (Å²) in [5.74, 6) is 0.728. The average Bonchev–Trinajstić information content (AvgIpc) is 2.62. The van der Waals surface area contributed by atoms with Gasteiger partial charge in [0.05, 0.1) is 6.10 Å². The zero-order valence-corrected chi connectivity index (χ0v) is 13.9. The lowest BCUT2D eigenvalue weighted by atomic mass is 9.65. The first kappa shape index (κ1) is 16.0. The zero-order chi connectivity index (χ0) is 15.6. The largest absolute Gasteiger partial charge is 0.452 e. The van der Waals surface area contributed by atoms with E-state index in [1.807, 2.05) is 0 Å². The molecule has 2 saturated carbocycles. The van der Waals surface area contributed by atoms with E-state index >= 15 is 0 Å². The molecule has 3 heteroatoms. The first-order chi connectivity index (χ1) is 10.6. The minimum absolute atomic E-state index is 0.0974. The molecular formula is C19H30O3. The van der Waals surface area contributed by atoms with E-state index in [9.17, 15) is 4.79 Å². The molecule has 3 aliphatic rings. The third-order valence-corrected chi connectivity index (χ3v) is 6.06. The van der Waals surface area contributed by atoms with E-state index in [2.05, 4.69) is 6.58 Å². The lowest BCUT2D eigenvalue weighted by molar-refractivity contribution is -0.229. The summed E-state index contributed by atoms with van der Waals surface area (Å²) in [6.07, 6.45) is 12.0. The Balaban J connectivity index is 1.96. The smallest absolute Gasteiger partial charge is 0.333 e. The summed E-state index contributed by atoms with van der Waals surface area (Å²) in [5, 5.41) is 0. The van der Waals surface area contributed by atoms with Crippen LogP contribution in [0.25, 0.3) is 0 Å². The van der Waals surface area contributed by atoms with Crippen molar-refractivity contribution in [3.05, 3.63) is 12.2 Å². The maximum Gasteiger partial charge on any atom is 0.333 e. The second-order valence-corrected chi connectivity index (χ2v) is 7.49. The van der Waals surface area contributed by atoms with Gasteiger partial charge in [-0.25, -0.2) is 4.79 Å². The minimum Gasteiger partial charge on any atom is -0.452 e. The van der Waals surface area contributed by atoms with Crippen molar-refractivity contribution in [2.75, 3.05) is 6.61 Å². The van der Waals surface area contributed by atoms with E-state index in [-0.39, 0.29) is 17.7 Å². The molecule has 1 heterocycles. The third-order valence-electron chi connectivity index (χ3n) is 6.06. The lowest BCUT2D eigenvalue weighted by Crippen LogP contribution is -2.60. The number of hydrogen-bond acceptors (Lipinski definition) is 3. The highest BCUT2D eigenvalue weighted by atomic mass is 16.6. The molecule has 2 bridgehead atoms. The van der Waals surface area contributed by atoms with Crippen LogP contribution in [0.4, 0.5) is 0 Å². The topological polar surface area (TPSA) is 35.5 Å². The van der Waals surface area contributed by atoms with Gasteiger partial charge in [-0.2, -0.15) is 0 Å². The lowest BCUT2D eigenvalue weighted by Gasteiger charge is -2.52. The van der Waals surface area contributed by atoms with Gasteiger partial charge in [0, 0.05) is 24.0 Å². The van der Waals surface area contributed by atoms with Crippen molar-refractivity contribution < 1.29 is 14.3 Å². The fourth-order valence-corrected chi connectivity index (χ4v) is 5.00. The van der Waals surface area contributed by atoms with Crippen LogP contribution in [0.5, 0.6) is 0 Å². The Morgan fingerprint density at radius 2 is 1.59 bits per heavy atom. The summed E-state index contributed by atoms with van der Waals surface area (Å²) in [6, 6.07) is 0.